The van der Waals surface area contributed by atoms with Crippen LogP contribution in [0.1, 0.15) is 37.4 Å². The highest BCUT2D eigenvalue weighted by molar-refractivity contribution is 7.14. The number of rotatable bonds is 9. The van der Waals surface area contributed by atoms with Crippen molar-refractivity contribution in [3.05, 3.63) is 70.7 Å². The minimum atomic E-state index is -0.916. The third-order valence-corrected chi connectivity index (χ3v) is 6.64. The fourth-order valence-electron chi connectivity index (χ4n) is 3.98. The SMILES string of the molecule is COc1cccc(C(O)=C2C(=O)C(=O)N(c3nccs3)C2c2ccc(OCCC(C)C)c(OC)c2)c1. The molecule has 36 heavy (non-hydrogen) atoms. The van der Waals surface area contributed by atoms with Crippen LogP contribution >= 0.6 is 11.3 Å². The lowest BCUT2D eigenvalue weighted by Gasteiger charge is -2.24. The molecule has 8 nitrogen and oxygen atoms in total. The van der Waals surface area contributed by atoms with Crippen LogP contribution in [0.15, 0.2) is 59.6 Å². The molecule has 188 valence electrons. The molecule has 4 rings (SSSR count). The number of hydrogen-bond acceptors (Lipinski definition) is 8. The number of Topliss-reactive ketones (excluding diaryl/α,β-unsaturated/α-hetero) is 1. The first kappa shape index (κ1) is 25.2. The van der Waals surface area contributed by atoms with Crippen LogP contribution in [0.3, 0.4) is 0 Å². The monoisotopic (exact) mass is 508 g/mol. The Labute approximate surface area is 213 Å². The Bertz CT molecular complexity index is 1290. The molecule has 2 aromatic carbocycles. The average molecular weight is 509 g/mol. The van der Waals surface area contributed by atoms with Crippen LogP contribution in [-0.4, -0.2) is 42.6 Å². The van der Waals surface area contributed by atoms with Crippen LogP contribution in [0.5, 0.6) is 17.2 Å². The molecule has 9 heteroatoms. The number of thiazole rings is 1. The molecule has 0 spiro atoms. The molecule has 0 aliphatic carbocycles. The van der Waals surface area contributed by atoms with E-state index in [4.69, 9.17) is 14.2 Å². The number of methoxy groups -OCH3 is 2. The summed E-state index contributed by atoms with van der Waals surface area (Å²) < 4.78 is 16.7. The predicted molar refractivity (Wildman–Crippen MR) is 138 cm³/mol. The molecule has 0 bridgehead atoms. The molecule has 1 aliphatic heterocycles. The first-order valence-electron chi connectivity index (χ1n) is 11.5. The van der Waals surface area contributed by atoms with Crippen molar-refractivity contribution in [2.75, 3.05) is 25.7 Å². The summed E-state index contributed by atoms with van der Waals surface area (Å²) in [5, 5.41) is 13.3. The number of ether oxygens (including phenoxy) is 3. The van der Waals surface area contributed by atoms with Crippen LogP contribution in [-0.2, 0) is 9.59 Å². The third kappa shape index (κ3) is 4.92. The highest BCUT2D eigenvalue weighted by Gasteiger charge is 2.48. The summed E-state index contributed by atoms with van der Waals surface area (Å²) in [6, 6.07) is 11.0. The van der Waals surface area contributed by atoms with E-state index in [2.05, 4.69) is 18.8 Å². The van der Waals surface area contributed by atoms with Gasteiger partial charge in [-0.2, -0.15) is 0 Å². The van der Waals surface area contributed by atoms with Gasteiger partial charge in [0.05, 0.1) is 32.4 Å². The minimum Gasteiger partial charge on any atom is -0.507 e. The number of aromatic nitrogens is 1. The van der Waals surface area contributed by atoms with Gasteiger partial charge in [0, 0.05) is 17.1 Å². The van der Waals surface area contributed by atoms with Crippen molar-refractivity contribution in [3.8, 4) is 17.2 Å². The lowest BCUT2D eigenvalue weighted by Crippen LogP contribution is -2.29. The van der Waals surface area contributed by atoms with E-state index < -0.39 is 17.7 Å². The Kier molecular flexibility index (Phi) is 7.59. The summed E-state index contributed by atoms with van der Waals surface area (Å²) in [7, 11) is 3.04. The summed E-state index contributed by atoms with van der Waals surface area (Å²) in [5.74, 6) is 0.150. The fourth-order valence-corrected chi connectivity index (χ4v) is 4.65. The highest BCUT2D eigenvalue weighted by Crippen LogP contribution is 2.44. The summed E-state index contributed by atoms with van der Waals surface area (Å²) in [5.41, 5.74) is 0.887. The maximum atomic E-state index is 13.3. The van der Waals surface area contributed by atoms with E-state index in [1.807, 2.05) is 0 Å². The zero-order valence-corrected chi connectivity index (χ0v) is 21.4. The quantitative estimate of drug-likeness (QED) is 0.241. The van der Waals surface area contributed by atoms with Gasteiger partial charge in [-0.15, -0.1) is 11.3 Å². The van der Waals surface area contributed by atoms with Crippen molar-refractivity contribution in [2.45, 2.75) is 26.3 Å². The van der Waals surface area contributed by atoms with Crippen LogP contribution in [0.4, 0.5) is 5.13 Å². The Morgan fingerprint density at radius 1 is 1.11 bits per heavy atom. The number of carbonyl (C=O) groups excluding carboxylic acids is 2. The molecule has 1 saturated heterocycles. The van der Waals surface area contributed by atoms with Gasteiger partial charge in [-0.25, -0.2) is 4.98 Å². The topological polar surface area (TPSA) is 98.2 Å². The molecule has 1 N–H and O–H groups in total. The third-order valence-electron chi connectivity index (χ3n) is 5.87. The summed E-state index contributed by atoms with van der Waals surface area (Å²) in [6.07, 6.45) is 2.44. The molecular formula is C27H28N2O6S. The zero-order chi connectivity index (χ0) is 25.8. The average Bonchev–Trinajstić information content (AvgIpc) is 3.50. The van der Waals surface area contributed by atoms with E-state index >= 15 is 0 Å². The molecule has 1 unspecified atom stereocenters. The highest BCUT2D eigenvalue weighted by atomic mass is 32.1. The molecule has 1 fully saturated rings. The van der Waals surface area contributed by atoms with Crippen molar-refractivity contribution in [1.82, 2.24) is 4.98 Å². The standard InChI is InChI=1S/C27H28N2O6S/c1-16(2)10-12-35-20-9-8-17(15-21(20)34-4)23-22(24(30)18-6-5-7-19(14-18)33-3)25(31)26(32)29(23)27-28-11-13-36-27/h5-9,11,13-16,23,30H,10,12H2,1-4H3. The van der Waals surface area contributed by atoms with Gasteiger partial charge in [0.2, 0.25) is 0 Å². The van der Waals surface area contributed by atoms with Crippen LogP contribution in [0, 0.1) is 5.92 Å². The number of benzene rings is 2. The molecule has 1 aliphatic rings. The molecule has 0 radical (unpaired) electrons. The zero-order valence-electron chi connectivity index (χ0n) is 20.6. The van der Waals surface area contributed by atoms with E-state index in [1.165, 1.54) is 30.5 Å². The maximum Gasteiger partial charge on any atom is 0.301 e. The fraction of sp³-hybridized carbons (Fsp3) is 0.296. The maximum absolute atomic E-state index is 13.3. The van der Waals surface area contributed by atoms with Gasteiger partial charge < -0.3 is 19.3 Å². The normalized spacial score (nSPS) is 17.0. The Morgan fingerprint density at radius 3 is 2.58 bits per heavy atom. The van der Waals surface area contributed by atoms with E-state index in [0.29, 0.717) is 46.0 Å². The van der Waals surface area contributed by atoms with Gasteiger partial charge in [0.1, 0.15) is 11.5 Å². The van der Waals surface area contributed by atoms with Gasteiger partial charge >= 0.3 is 5.91 Å². The summed E-state index contributed by atoms with van der Waals surface area (Å²) in [4.78, 5) is 32.0. The number of aliphatic hydroxyl groups is 1. The number of amides is 1. The summed E-state index contributed by atoms with van der Waals surface area (Å²) in [6.45, 7) is 4.77. The molecule has 2 heterocycles. The number of carbonyl (C=O) groups is 2. The van der Waals surface area contributed by atoms with Crippen LogP contribution < -0.4 is 19.1 Å². The number of aliphatic hydroxyl groups excluding tert-OH is 1. The molecule has 0 saturated carbocycles. The number of nitrogens with zero attached hydrogens (tertiary/aromatic N) is 2. The molecule has 1 amide bonds. The van der Waals surface area contributed by atoms with Crippen LogP contribution in [0.2, 0.25) is 0 Å². The van der Waals surface area contributed by atoms with Crippen molar-refractivity contribution < 1.29 is 28.9 Å². The smallest absolute Gasteiger partial charge is 0.301 e. The first-order valence-corrected chi connectivity index (χ1v) is 12.4. The largest absolute Gasteiger partial charge is 0.507 e. The van der Waals surface area contributed by atoms with E-state index in [0.717, 1.165) is 6.42 Å². The minimum absolute atomic E-state index is 0.0426. The Hall–Kier alpha value is -3.85. The van der Waals surface area contributed by atoms with Crippen LogP contribution in [0.25, 0.3) is 5.76 Å². The Morgan fingerprint density at radius 2 is 1.92 bits per heavy atom. The molecule has 1 atom stereocenters. The lowest BCUT2D eigenvalue weighted by molar-refractivity contribution is -0.132. The van der Waals surface area contributed by atoms with Gasteiger partial charge in [-0.3, -0.25) is 14.5 Å². The van der Waals surface area contributed by atoms with Crippen molar-refractivity contribution in [1.29, 1.82) is 0 Å². The number of hydrogen-bond donors (Lipinski definition) is 1. The number of anilines is 1. The van der Waals surface area contributed by atoms with Crippen molar-refractivity contribution >= 4 is 33.9 Å². The second-order valence-electron chi connectivity index (χ2n) is 8.66. The van der Waals surface area contributed by atoms with E-state index in [-0.39, 0.29) is 11.3 Å². The molecule has 3 aromatic rings. The summed E-state index contributed by atoms with van der Waals surface area (Å²) >= 11 is 1.23. The second-order valence-corrected chi connectivity index (χ2v) is 9.53. The van der Waals surface area contributed by atoms with Crippen molar-refractivity contribution in [3.63, 3.8) is 0 Å². The molecule has 1 aromatic heterocycles. The lowest BCUT2D eigenvalue weighted by atomic mass is 9.95. The molecular weight excluding hydrogens is 480 g/mol. The van der Waals surface area contributed by atoms with Gasteiger partial charge in [-0.1, -0.05) is 32.0 Å². The Balaban J connectivity index is 1.84. The van der Waals surface area contributed by atoms with E-state index in [9.17, 15) is 14.7 Å². The first-order chi connectivity index (χ1) is 17.3. The van der Waals surface area contributed by atoms with Crippen molar-refractivity contribution in [2.24, 2.45) is 5.92 Å². The van der Waals surface area contributed by atoms with Gasteiger partial charge in [0.15, 0.2) is 16.6 Å². The van der Waals surface area contributed by atoms with E-state index in [1.54, 1.807) is 54.0 Å². The predicted octanol–water partition coefficient (Wildman–Crippen LogP) is 5.21. The van der Waals surface area contributed by atoms with Gasteiger partial charge in [-0.05, 0) is 42.2 Å². The number of ketones is 1. The second kappa shape index (κ2) is 10.8. The van der Waals surface area contributed by atoms with Gasteiger partial charge in [0.25, 0.3) is 5.78 Å².